The number of carbonyl (C=O) groups excluding carboxylic acids is 3. The molecule has 1 saturated carbocycles. The molecule has 3 N–H and O–H groups in total. The van der Waals surface area contributed by atoms with E-state index in [1.807, 2.05) is 13.8 Å². The van der Waals surface area contributed by atoms with Gasteiger partial charge >= 0.3 is 6.03 Å². The standard InChI is InChI=1S/C31H49N5O6/c1-22-19-36(23(2)21-37)30(39)18-24-17-26(32-29(38)11-12-35-13-15-41-16-14-35)9-10-27(24)42-28(22)20-34(3)31(40)33-25-7-5-4-6-8-25/h9-10,17,22-23,25,28,37H,4-8,11-16,18-21H2,1-3H3,(H,32,38)(H,33,40)/t22-,23-,28+/m0/s1. The second-order valence-corrected chi connectivity index (χ2v) is 12.1. The number of hydrogen-bond donors (Lipinski definition) is 3. The molecule has 4 rings (SSSR count). The van der Waals surface area contributed by atoms with E-state index in [1.54, 1.807) is 35.0 Å². The van der Waals surface area contributed by atoms with Gasteiger partial charge in [0.25, 0.3) is 0 Å². The van der Waals surface area contributed by atoms with Crippen molar-refractivity contribution in [3.8, 4) is 5.75 Å². The molecule has 1 saturated heterocycles. The summed E-state index contributed by atoms with van der Waals surface area (Å²) in [5, 5.41) is 16.0. The Morgan fingerprint density at radius 2 is 1.90 bits per heavy atom. The summed E-state index contributed by atoms with van der Waals surface area (Å²) < 4.78 is 11.9. The summed E-state index contributed by atoms with van der Waals surface area (Å²) in [6.07, 6.45) is 5.55. The number of nitrogens with one attached hydrogen (secondary N) is 2. The van der Waals surface area contributed by atoms with Gasteiger partial charge in [-0.25, -0.2) is 4.79 Å². The molecule has 42 heavy (non-hydrogen) atoms. The van der Waals surface area contributed by atoms with Crippen molar-refractivity contribution in [3.05, 3.63) is 23.8 Å². The van der Waals surface area contributed by atoms with Crippen LogP contribution in [0.4, 0.5) is 10.5 Å². The van der Waals surface area contributed by atoms with Gasteiger partial charge in [0.1, 0.15) is 11.9 Å². The van der Waals surface area contributed by atoms with Crippen molar-refractivity contribution < 1.29 is 29.0 Å². The van der Waals surface area contributed by atoms with E-state index in [9.17, 15) is 19.5 Å². The second-order valence-electron chi connectivity index (χ2n) is 12.1. The van der Waals surface area contributed by atoms with Crippen LogP contribution in [0.15, 0.2) is 18.2 Å². The molecule has 11 heteroatoms. The summed E-state index contributed by atoms with van der Waals surface area (Å²) in [7, 11) is 1.77. The molecule has 1 aliphatic carbocycles. The van der Waals surface area contributed by atoms with E-state index in [-0.39, 0.29) is 55.0 Å². The van der Waals surface area contributed by atoms with Crippen molar-refractivity contribution in [1.29, 1.82) is 0 Å². The Bertz CT molecular complexity index is 1060. The van der Waals surface area contributed by atoms with Gasteiger partial charge in [-0.3, -0.25) is 14.5 Å². The molecule has 234 valence electrons. The van der Waals surface area contributed by atoms with Crippen molar-refractivity contribution in [2.24, 2.45) is 5.92 Å². The number of amides is 4. The van der Waals surface area contributed by atoms with Gasteiger partial charge < -0.3 is 35.0 Å². The highest BCUT2D eigenvalue weighted by atomic mass is 16.5. The zero-order chi connectivity index (χ0) is 30.1. The van der Waals surface area contributed by atoms with Gasteiger partial charge in [0.15, 0.2) is 0 Å². The molecule has 4 amide bonds. The Kier molecular flexibility index (Phi) is 11.9. The first kappa shape index (κ1) is 32.0. The predicted octanol–water partition coefficient (Wildman–Crippen LogP) is 2.47. The number of benzene rings is 1. The SMILES string of the molecule is C[C@H]1CN([C@@H](C)CO)C(=O)Cc2cc(NC(=O)CCN3CCOCC3)ccc2O[C@@H]1CN(C)C(=O)NC1CCCCC1. The van der Waals surface area contributed by atoms with Gasteiger partial charge in [-0.2, -0.15) is 0 Å². The molecule has 0 bridgehead atoms. The molecule has 2 heterocycles. The van der Waals surface area contributed by atoms with E-state index in [0.29, 0.717) is 56.3 Å². The van der Waals surface area contributed by atoms with Gasteiger partial charge in [0.2, 0.25) is 11.8 Å². The number of aliphatic hydroxyl groups is 1. The van der Waals surface area contributed by atoms with Crippen molar-refractivity contribution in [3.63, 3.8) is 0 Å². The van der Waals surface area contributed by atoms with Crippen molar-refractivity contribution >= 4 is 23.5 Å². The minimum absolute atomic E-state index is 0.0780. The second kappa shape index (κ2) is 15.5. The lowest BCUT2D eigenvalue weighted by Crippen LogP contribution is -2.50. The number of urea groups is 1. The summed E-state index contributed by atoms with van der Waals surface area (Å²) in [6.45, 7) is 8.11. The molecular weight excluding hydrogens is 538 g/mol. The fourth-order valence-electron chi connectivity index (χ4n) is 5.92. The van der Waals surface area contributed by atoms with Crippen molar-refractivity contribution in [2.45, 2.75) is 77.0 Å². The van der Waals surface area contributed by atoms with Crippen LogP contribution in [0.2, 0.25) is 0 Å². The van der Waals surface area contributed by atoms with Crippen LogP contribution in [-0.4, -0.2) is 115 Å². The highest BCUT2D eigenvalue weighted by molar-refractivity contribution is 5.91. The van der Waals surface area contributed by atoms with Gasteiger partial charge in [-0.15, -0.1) is 0 Å². The molecule has 3 aliphatic rings. The lowest BCUT2D eigenvalue weighted by Gasteiger charge is -2.34. The molecule has 1 aromatic carbocycles. The minimum Gasteiger partial charge on any atom is -0.488 e. The zero-order valence-electron chi connectivity index (χ0n) is 25.5. The van der Waals surface area contributed by atoms with Crippen molar-refractivity contribution in [1.82, 2.24) is 20.0 Å². The number of carbonyl (C=O) groups is 3. The summed E-state index contributed by atoms with van der Waals surface area (Å²) >= 11 is 0. The third-order valence-corrected chi connectivity index (χ3v) is 8.69. The minimum atomic E-state index is -0.390. The number of fused-ring (bicyclic) bond motifs is 1. The molecule has 0 radical (unpaired) electrons. The number of hydrogen-bond acceptors (Lipinski definition) is 7. The van der Waals surface area contributed by atoms with Crippen molar-refractivity contribution in [2.75, 3.05) is 64.9 Å². The third-order valence-electron chi connectivity index (χ3n) is 8.69. The molecule has 2 fully saturated rings. The average Bonchev–Trinajstić information content (AvgIpc) is 3.04. The number of morpholine rings is 1. The fourth-order valence-corrected chi connectivity index (χ4v) is 5.92. The van der Waals surface area contributed by atoms with Crippen LogP contribution in [0.5, 0.6) is 5.75 Å². The fraction of sp³-hybridized carbons (Fsp3) is 0.710. The Morgan fingerprint density at radius 3 is 2.62 bits per heavy atom. The highest BCUT2D eigenvalue weighted by Crippen LogP contribution is 2.29. The van der Waals surface area contributed by atoms with E-state index in [4.69, 9.17) is 9.47 Å². The average molecular weight is 588 g/mol. The summed E-state index contributed by atoms with van der Waals surface area (Å²) in [5.41, 5.74) is 1.27. The number of aliphatic hydroxyl groups excluding tert-OH is 1. The zero-order valence-corrected chi connectivity index (χ0v) is 25.5. The summed E-state index contributed by atoms with van der Waals surface area (Å²) in [5.74, 6) is 0.238. The maximum atomic E-state index is 13.5. The molecule has 0 unspecified atom stereocenters. The predicted molar refractivity (Wildman–Crippen MR) is 161 cm³/mol. The molecular formula is C31H49N5O6. The molecule has 0 aromatic heterocycles. The molecule has 3 atom stereocenters. The topological polar surface area (TPSA) is 124 Å². The monoisotopic (exact) mass is 587 g/mol. The van der Waals surface area contributed by atoms with Crippen LogP contribution in [-0.2, 0) is 20.7 Å². The van der Waals surface area contributed by atoms with Crippen LogP contribution in [0.3, 0.4) is 0 Å². The van der Waals surface area contributed by atoms with Gasteiger partial charge in [0, 0.05) is 62.9 Å². The van der Waals surface area contributed by atoms with E-state index < -0.39 is 0 Å². The van der Waals surface area contributed by atoms with Crippen LogP contribution in [0.1, 0.15) is 57.9 Å². The summed E-state index contributed by atoms with van der Waals surface area (Å²) in [6, 6.07) is 5.11. The Morgan fingerprint density at radius 1 is 1.17 bits per heavy atom. The molecule has 2 aliphatic heterocycles. The molecule has 1 aromatic rings. The van der Waals surface area contributed by atoms with E-state index >= 15 is 0 Å². The van der Waals surface area contributed by atoms with Crippen LogP contribution >= 0.6 is 0 Å². The quantitative estimate of drug-likeness (QED) is 0.406. The first-order valence-corrected chi connectivity index (χ1v) is 15.5. The van der Waals surface area contributed by atoms with E-state index in [2.05, 4.69) is 15.5 Å². The van der Waals surface area contributed by atoms with Crippen LogP contribution < -0.4 is 15.4 Å². The number of ether oxygens (including phenoxy) is 2. The Labute approximate surface area is 249 Å². The number of anilines is 1. The molecule has 11 nitrogen and oxygen atoms in total. The first-order valence-electron chi connectivity index (χ1n) is 15.5. The Balaban J connectivity index is 1.48. The van der Waals surface area contributed by atoms with Crippen LogP contribution in [0.25, 0.3) is 0 Å². The van der Waals surface area contributed by atoms with Gasteiger partial charge in [-0.1, -0.05) is 26.2 Å². The maximum Gasteiger partial charge on any atom is 0.317 e. The first-order chi connectivity index (χ1) is 20.2. The number of rotatable bonds is 9. The third kappa shape index (κ3) is 9.05. The number of nitrogens with zero attached hydrogens (tertiary/aromatic N) is 3. The summed E-state index contributed by atoms with van der Waals surface area (Å²) in [4.78, 5) is 44.8. The lowest BCUT2D eigenvalue weighted by molar-refractivity contribution is -0.134. The lowest BCUT2D eigenvalue weighted by atomic mass is 9.96. The molecule has 0 spiro atoms. The smallest absolute Gasteiger partial charge is 0.317 e. The van der Waals surface area contributed by atoms with Gasteiger partial charge in [-0.05, 0) is 38.0 Å². The largest absolute Gasteiger partial charge is 0.488 e. The van der Waals surface area contributed by atoms with Gasteiger partial charge in [0.05, 0.1) is 38.8 Å². The maximum absolute atomic E-state index is 13.5. The van der Waals surface area contributed by atoms with E-state index in [0.717, 1.165) is 38.8 Å². The Hall–Kier alpha value is -2.89. The number of likely N-dealkylation sites (N-methyl/N-ethyl adjacent to an activating group) is 1. The normalized spacial score (nSPS) is 23.0. The highest BCUT2D eigenvalue weighted by Gasteiger charge is 2.32. The van der Waals surface area contributed by atoms with E-state index in [1.165, 1.54) is 6.42 Å². The van der Waals surface area contributed by atoms with Crippen LogP contribution in [0, 0.1) is 5.92 Å².